The van der Waals surface area contributed by atoms with Gasteiger partial charge in [-0.05, 0) is 30.5 Å². The monoisotopic (exact) mass is 411 g/mol. The van der Waals surface area contributed by atoms with Crippen LogP contribution in [0.25, 0.3) is 16.5 Å². The topological polar surface area (TPSA) is 92.7 Å². The molecular weight excluding hydrogens is 398 g/mol. The van der Waals surface area contributed by atoms with Gasteiger partial charge in [-0.2, -0.15) is 9.78 Å². The Morgan fingerprint density at radius 3 is 2.75 bits per heavy atom. The number of rotatable bonds is 4. The molecule has 1 amide bonds. The van der Waals surface area contributed by atoms with E-state index >= 15 is 0 Å². The molecule has 7 nitrogen and oxygen atoms in total. The number of nitrogens with zero attached hydrogens (tertiary/aromatic N) is 3. The van der Waals surface area contributed by atoms with Gasteiger partial charge in [0.05, 0.1) is 15.5 Å². The third-order valence-corrected chi connectivity index (χ3v) is 5.12. The van der Waals surface area contributed by atoms with Crippen LogP contribution >= 0.6 is 22.9 Å². The van der Waals surface area contributed by atoms with Gasteiger partial charge in [-0.15, -0.1) is 11.3 Å². The lowest BCUT2D eigenvalue weighted by Crippen LogP contribution is -2.19. The molecule has 3 heterocycles. The van der Waals surface area contributed by atoms with Crippen molar-refractivity contribution < 1.29 is 4.79 Å². The zero-order valence-electron chi connectivity index (χ0n) is 14.6. The molecule has 28 heavy (non-hydrogen) atoms. The average Bonchev–Trinajstić information content (AvgIpc) is 3.30. The number of aromatic amines is 1. The Hall–Kier alpha value is -3.23. The van der Waals surface area contributed by atoms with Crippen LogP contribution in [0.4, 0.5) is 5.82 Å². The maximum absolute atomic E-state index is 12.7. The summed E-state index contributed by atoms with van der Waals surface area (Å²) in [5, 5.41) is 9.60. The highest BCUT2D eigenvalue weighted by Gasteiger charge is 2.18. The SMILES string of the molecule is Cc1cc(=O)[nH]c(-n2nc(-c3cccs3)cc2NC(=O)c2ccccc2Cl)n1. The number of benzene rings is 1. The van der Waals surface area contributed by atoms with E-state index in [1.54, 1.807) is 37.3 Å². The molecule has 140 valence electrons. The van der Waals surface area contributed by atoms with Crippen LogP contribution < -0.4 is 10.9 Å². The number of nitrogens with one attached hydrogen (secondary N) is 2. The largest absolute Gasteiger partial charge is 0.306 e. The van der Waals surface area contributed by atoms with E-state index in [-0.39, 0.29) is 17.4 Å². The molecule has 9 heteroatoms. The quantitative estimate of drug-likeness (QED) is 0.532. The second-order valence-electron chi connectivity index (χ2n) is 5.95. The molecule has 0 aliphatic heterocycles. The first kappa shape index (κ1) is 18.1. The zero-order chi connectivity index (χ0) is 19.7. The molecule has 1 aromatic carbocycles. The fourth-order valence-electron chi connectivity index (χ4n) is 2.67. The lowest BCUT2D eigenvalue weighted by Gasteiger charge is -2.09. The summed E-state index contributed by atoms with van der Waals surface area (Å²) in [6.07, 6.45) is 0. The molecule has 4 aromatic rings. The van der Waals surface area contributed by atoms with E-state index in [0.29, 0.717) is 27.8 Å². The van der Waals surface area contributed by atoms with Crippen LogP contribution in [-0.4, -0.2) is 25.7 Å². The van der Waals surface area contributed by atoms with Gasteiger partial charge in [-0.25, -0.2) is 4.98 Å². The number of H-pyrrole nitrogens is 1. The Morgan fingerprint density at radius 1 is 1.21 bits per heavy atom. The van der Waals surface area contributed by atoms with Gasteiger partial charge < -0.3 is 5.32 Å². The Morgan fingerprint density at radius 2 is 2.04 bits per heavy atom. The molecule has 0 bridgehead atoms. The van der Waals surface area contributed by atoms with Crippen molar-refractivity contribution in [3.8, 4) is 16.5 Å². The third-order valence-electron chi connectivity index (χ3n) is 3.90. The summed E-state index contributed by atoms with van der Waals surface area (Å²) in [5.74, 6) is 0.184. The highest BCUT2D eigenvalue weighted by atomic mass is 35.5. The molecule has 0 radical (unpaired) electrons. The van der Waals surface area contributed by atoms with Gasteiger partial charge in [0.25, 0.3) is 11.5 Å². The summed E-state index contributed by atoms with van der Waals surface area (Å²) in [5.41, 5.74) is 1.21. The van der Waals surface area contributed by atoms with Gasteiger partial charge in [0.1, 0.15) is 11.5 Å². The summed E-state index contributed by atoms with van der Waals surface area (Å²) in [7, 11) is 0. The number of amides is 1. The maximum atomic E-state index is 12.7. The maximum Gasteiger partial charge on any atom is 0.258 e. The minimum absolute atomic E-state index is 0.210. The van der Waals surface area contributed by atoms with Crippen LogP contribution in [-0.2, 0) is 0 Å². The smallest absolute Gasteiger partial charge is 0.258 e. The van der Waals surface area contributed by atoms with E-state index < -0.39 is 0 Å². The van der Waals surface area contributed by atoms with Gasteiger partial charge in [-0.1, -0.05) is 29.8 Å². The molecule has 0 spiro atoms. The zero-order valence-corrected chi connectivity index (χ0v) is 16.2. The number of carbonyl (C=O) groups is 1. The van der Waals surface area contributed by atoms with E-state index in [0.717, 1.165) is 4.88 Å². The van der Waals surface area contributed by atoms with Gasteiger partial charge >= 0.3 is 0 Å². The minimum atomic E-state index is -0.389. The Labute approximate surface area is 168 Å². The molecule has 0 aliphatic carbocycles. The summed E-state index contributed by atoms with van der Waals surface area (Å²) in [6.45, 7) is 1.71. The highest BCUT2D eigenvalue weighted by Crippen LogP contribution is 2.28. The second kappa shape index (κ2) is 7.41. The number of hydrogen-bond acceptors (Lipinski definition) is 5. The average molecular weight is 412 g/mol. The third kappa shape index (κ3) is 3.60. The predicted molar refractivity (Wildman–Crippen MR) is 109 cm³/mol. The first-order chi connectivity index (χ1) is 13.5. The normalized spacial score (nSPS) is 10.8. The Balaban J connectivity index is 1.80. The standard InChI is InChI=1S/C19H14ClN5O2S/c1-11-9-17(26)23-19(21-11)25-16(10-14(24-25)15-7-4-8-28-15)22-18(27)12-5-2-3-6-13(12)20/h2-10H,1H3,(H,22,27)(H,21,23,26). The number of anilines is 1. The van der Waals surface area contributed by atoms with Gasteiger partial charge in [0, 0.05) is 17.8 Å². The number of hydrogen-bond donors (Lipinski definition) is 2. The lowest BCUT2D eigenvalue weighted by atomic mass is 10.2. The van der Waals surface area contributed by atoms with Crippen molar-refractivity contribution in [2.75, 3.05) is 5.32 Å². The molecule has 4 rings (SSSR count). The predicted octanol–water partition coefficient (Wildman–Crippen LogP) is 3.90. The number of aromatic nitrogens is 4. The van der Waals surface area contributed by atoms with Gasteiger partial charge in [0.2, 0.25) is 5.95 Å². The molecule has 0 aliphatic rings. The van der Waals surface area contributed by atoms with Gasteiger partial charge in [0.15, 0.2) is 0 Å². The van der Waals surface area contributed by atoms with E-state index in [1.165, 1.54) is 22.1 Å². The van der Waals surface area contributed by atoms with Crippen LogP contribution in [0.5, 0.6) is 0 Å². The molecule has 2 N–H and O–H groups in total. The summed E-state index contributed by atoms with van der Waals surface area (Å²) in [6, 6.07) is 13.7. The van der Waals surface area contributed by atoms with Crippen LogP contribution in [0.15, 0.2) is 58.7 Å². The van der Waals surface area contributed by atoms with Gasteiger partial charge in [-0.3, -0.25) is 14.6 Å². The molecule has 0 fully saturated rings. The molecule has 0 atom stereocenters. The molecule has 0 saturated heterocycles. The Kier molecular flexibility index (Phi) is 4.81. The number of halogens is 1. The molecule has 0 saturated carbocycles. The van der Waals surface area contributed by atoms with Crippen molar-refractivity contribution in [3.05, 3.63) is 80.5 Å². The number of carbonyl (C=O) groups excluding carboxylic acids is 1. The van der Waals surface area contributed by atoms with Crippen LogP contribution in [0.3, 0.4) is 0 Å². The van der Waals surface area contributed by atoms with Crippen molar-refractivity contribution in [3.63, 3.8) is 0 Å². The van der Waals surface area contributed by atoms with E-state index in [1.807, 2.05) is 17.5 Å². The molecule has 0 unspecified atom stereocenters. The summed E-state index contributed by atoms with van der Waals surface area (Å²) in [4.78, 5) is 32.5. The van der Waals surface area contributed by atoms with Crippen molar-refractivity contribution in [2.24, 2.45) is 0 Å². The van der Waals surface area contributed by atoms with Crippen molar-refractivity contribution >= 4 is 34.7 Å². The Bertz CT molecular complexity index is 1210. The van der Waals surface area contributed by atoms with E-state index in [2.05, 4.69) is 20.4 Å². The fourth-order valence-corrected chi connectivity index (χ4v) is 3.57. The van der Waals surface area contributed by atoms with E-state index in [9.17, 15) is 9.59 Å². The lowest BCUT2D eigenvalue weighted by molar-refractivity contribution is 0.102. The second-order valence-corrected chi connectivity index (χ2v) is 7.30. The van der Waals surface area contributed by atoms with Crippen LogP contribution in [0.2, 0.25) is 5.02 Å². The van der Waals surface area contributed by atoms with Crippen molar-refractivity contribution in [2.45, 2.75) is 6.92 Å². The summed E-state index contributed by atoms with van der Waals surface area (Å²) < 4.78 is 1.40. The fraction of sp³-hybridized carbons (Fsp3) is 0.0526. The number of thiophene rings is 1. The highest BCUT2D eigenvalue weighted by molar-refractivity contribution is 7.13. The van der Waals surface area contributed by atoms with Crippen LogP contribution in [0.1, 0.15) is 16.1 Å². The van der Waals surface area contributed by atoms with Crippen LogP contribution in [0, 0.1) is 6.92 Å². The summed E-state index contributed by atoms with van der Waals surface area (Å²) >= 11 is 7.64. The first-order valence-corrected chi connectivity index (χ1v) is 9.55. The van der Waals surface area contributed by atoms with E-state index in [4.69, 9.17) is 11.6 Å². The molecule has 3 aromatic heterocycles. The minimum Gasteiger partial charge on any atom is -0.306 e. The first-order valence-electron chi connectivity index (χ1n) is 8.29. The van der Waals surface area contributed by atoms with Crippen molar-refractivity contribution in [1.29, 1.82) is 0 Å². The van der Waals surface area contributed by atoms with Crippen molar-refractivity contribution in [1.82, 2.24) is 19.7 Å². The number of aryl methyl sites for hydroxylation is 1. The molecular formula is C19H14ClN5O2S.